The van der Waals surface area contributed by atoms with Crippen LogP contribution in [0.4, 0.5) is 4.39 Å². The van der Waals surface area contributed by atoms with E-state index in [0.717, 1.165) is 5.56 Å². The third kappa shape index (κ3) is 4.18. The predicted molar refractivity (Wildman–Crippen MR) is 129 cm³/mol. The summed E-state index contributed by atoms with van der Waals surface area (Å²) < 4.78 is 26.7. The molecule has 0 atom stereocenters. The number of likely N-dealkylation sites (tertiary alicyclic amines) is 1. The molecule has 2 fully saturated rings. The Hall–Kier alpha value is -3.33. The lowest BCUT2D eigenvalue weighted by molar-refractivity contribution is -0.181. The normalized spacial score (nSPS) is 17.4. The number of piperidine rings is 1. The van der Waals surface area contributed by atoms with Gasteiger partial charge in [0.05, 0.1) is 24.6 Å². The highest BCUT2D eigenvalue weighted by molar-refractivity contribution is 6.30. The molecule has 0 unspecified atom stereocenters. The number of carbonyl (C=O) groups excluding carboxylic acids is 1. The Balaban J connectivity index is 1.41. The van der Waals surface area contributed by atoms with Crippen molar-refractivity contribution in [2.75, 3.05) is 26.3 Å². The zero-order valence-corrected chi connectivity index (χ0v) is 19.5. The Bertz CT molecular complexity index is 1390. The molecule has 4 heterocycles. The number of hydrogen-bond donors (Lipinski definition) is 0. The molecule has 4 aromatic rings. The Morgan fingerprint density at radius 3 is 2.23 bits per heavy atom. The molecule has 1 spiro atoms. The van der Waals surface area contributed by atoms with Gasteiger partial charge in [0.25, 0.3) is 5.91 Å². The highest BCUT2D eigenvalue weighted by Gasteiger charge is 2.41. The first-order chi connectivity index (χ1) is 17.0. The van der Waals surface area contributed by atoms with Crippen LogP contribution in [0.25, 0.3) is 28.2 Å². The molecule has 2 aromatic carbocycles. The first-order valence-corrected chi connectivity index (χ1v) is 11.9. The number of carbonyl (C=O) groups is 1. The molecule has 1 amide bonds. The summed E-state index contributed by atoms with van der Waals surface area (Å²) in [6, 6.07) is 16.9. The molecule has 35 heavy (non-hydrogen) atoms. The minimum absolute atomic E-state index is 0.153. The molecule has 0 bridgehead atoms. The highest BCUT2D eigenvalue weighted by atomic mass is 35.5. The molecule has 178 valence electrons. The van der Waals surface area contributed by atoms with Crippen molar-refractivity contribution in [3.05, 3.63) is 77.2 Å². The number of benzene rings is 2. The second-order valence-electron chi connectivity index (χ2n) is 8.74. The number of aromatic nitrogens is 3. The molecule has 0 N–H and O–H groups in total. The Labute approximate surface area is 206 Å². The van der Waals surface area contributed by atoms with Crippen LogP contribution in [-0.2, 0) is 9.47 Å². The summed E-state index contributed by atoms with van der Waals surface area (Å²) >= 11 is 6.04. The lowest BCUT2D eigenvalue weighted by Gasteiger charge is -2.37. The van der Waals surface area contributed by atoms with Gasteiger partial charge in [0.15, 0.2) is 11.4 Å². The third-order valence-electron chi connectivity index (χ3n) is 6.55. The monoisotopic (exact) mass is 492 g/mol. The minimum Gasteiger partial charge on any atom is -0.347 e. The van der Waals surface area contributed by atoms with E-state index >= 15 is 0 Å². The Morgan fingerprint density at radius 2 is 1.54 bits per heavy atom. The average Bonchev–Trinajstić information content (AvgIpc) is 3.52. The molecule has 0 aliphatic carbocycles. The van der Waals surface area contributed by atoms with Crippen molar-refractivity contribution < 1.29 is 18.7 Å². The van der Waals surface area contributed by atoms with E-state index in [1.54, 1.807) is 39.7 Å². The molecule has 7 nitrogen and oxygen atoms in total. The lowest BCUT2D eigenvalue weighted by atomic mass is 10.0. The number of amides is 1. The van der Waals surface area contributed by atoms with Crippen molar-refractivity contribution >= 4 is 23.2 Å². The van der Waals surface area contributed by atoms with Crippen LogP contribution in [0.15, 0.2) is 60.7 Å². The number of fused-ring (bicyclic) bond motifs is 1. The van der Waals surface area contributed by atoms with Gasteiger partial charge in [-0.1, -0.05) is 23.7 Å². The SMILES string of the molecule is O=C(c1cc(-c2ccc(F)cc2)nc2cc(-c3ccc(Cl)cc3)nn12)N1CCC2(CC1)OCCO2. The summed E-state index contributed by atoms with van der Waals surface area (Å²) in [4.78, 5) is 20.2. The zero-order valence-electron chi connectivity index (χ0n) is 18.8. The van der Waals surface area contributed by atoms with Crippen molar-refractivity contribution in [1.29, 1.82) is 0 Å². The maximum Gasteiger partial charge on any atom is 0.272 e. The summed E-state index contributed by atoms with van der Waals surface area (Å²) in [7, 11) is 0. The van der Waals surface area contributed by atoms with Gasteiger partial charge in [0.2, 0.25) is 0 Å². The fourth-order valence-electron chi connectivity index (χ4n) is 4.66. The van der Waals surface area contributed by atoms with Gasteiger partial charge in [-0.05, 0) is 42.5 Å². The lowest BCUT2D eigenvalue weighted by Crippen LogP contribution is -2.47. The number of hydrogen-bond acceptors (Lipinski definition) is 5. The van der Waals surface area contributed by atoms with Crippen LogP contribution in [0.5, 0.6) is 0 Å². The van der Waals surface area contributed by atoms with E-state index in [2.05, 4.69) is 0 Å². The van der Waals surface area contributed by atoms with Gasteiger partial charge in [-0.3, -0.25) is 4.79 Å². The summed E-state index contributed by atoms with van der Waals surface area (Å²) in [5.74, 6) is -1.06. The highest BCUT2D eigenvalue weighted by Crippen LogP contribution is 2.32. The first-order valence-electron chi connectivity index (χ1n) is 11.5. The van der Waals surface area contributed by atoms with Crippen LogP contribution in [-0.4, -0.2) is 57.5 Å². The quantitative estimate of drug-likeness (QED) is 0.409. The van der Waals surface area contributed by atoms with E-state index in [4.69, 9.17) is 31.2 Å². The van der Waals surface area contributed by atoms with Gasteiger partial charge in [0, 0.05) is 48.1 Å². The van der Waals surface area contributed by atoms with Gasteiger partial charge in [0.1, 0.15) is 11.5 Å². The van der Waals surface area contributed by atoms with Crippen LogP contribution in [0.2, 0.25) is 5.02 Å². The largest absolute Gasteiger partial charge is 0.347 e. The minimum atomic E-state index is -0.572. The van der Waals surface area contributed by atoms with Crippen molar-refractivity contribution in [2.45, 2.75) is 18.6 Å². The van der Waals surface area contributed by atoms with Gasteiger partial charge in [-0.25, -0.2) is 13.9 Å². The average molecular weight is 493 g/mol. The van der Waals surface area contributed by atoms with Crippen LogP contribution in [0.3, 0.4) is 0 Å². The molecule has 0 saturated carbocycles. The fourth-order valence-corrected chi connectivity index (χ4v) is 4.78. The Kier molecular flexibility index (Phi) is 5.51. The second kappa shape index (κ2) is 8.71. The van der Waals surface area contributed by atoms with Crippen molar-refractivity contribution in [3.63, 3.8) is 0 Å². The van der Waals surface area contributed by atoms with Crippen LogP contribution in [0.1, 0.15) is 23.3 Å². The molecule has 0 radical (unpaired) electrons. The molecule has 2 aromatic heterocycles. The van der Waals surface area contributed by atoms with Gasteiger partial charge >= 0.3 is 0 Å². The fraction of sp³-hybridized carbons (Fsp3) is 0.269. The maximum atomic E-state index is 13.7. The second-order valence-corrected chi connectivity index (χ2v) is 9.18. The third-order valence-corrected chi connectivity index (χ3v) is 6.80. The number of halogens is 2. The molecular formula is C26H22ClFN4O3. The number of ether oxygens (including phenoxy) is 2. The molecule has 6 rings (SSSR count). The maximum absolute atomic E-state index is 13.7. The smallest absolute Gasteiger partial charge is 0.272 e. The molecule has 2 saturated heterocycles. The molecule has 2 aliphatic rings. The number of rotatable bonds is 3. The van der Waals surface area contributed by atoms with E-state index in [9.17, 15) is 9.18 Å². The van der Waals surface area contributed by atoms with Crippen molar-refractivity contribution in [2.24, 2.45) is 0 Å². The summed E-state index contributed by atoms with van der Waals surface area (Å²) in [5.41, 5.74) is 3.72. The standard InChI is InChI=1S/C26H22ClFN4O3/c27-19-5-1-18(2-6-19)22-16-24-29-21(17-3-7-20(28)8-4-17)15-23(32(24)30-22)25(33)31-11-9-26(10-12-31)34-13-14-35-26/h1-8,15-16H,9-14H2. The Morgan fingerprint density at radius 1 is 0.914 bits per heavy atom. The van der Waals surface area contributed by atoms with Gasteiger partial charge in [-0.15, -0.1) is 0 Å². The van der Waals surface area contributed by atoms with Crippen LogP contribution >= 0.6 is 11.6 Å². The van der Waals surface area contributed by atoms with E-state index in [-0.39, 0.29) is 11.7 Å². The van der Waals surface area contributed by atoms with Crippen LogP contribution in [0, 0.1) is 5.82 Å². The van der Waals surface area contributed by atoms with E-state index in [1.165, 1.54) is 12.1 Å². The summed E-state index contributed by atoms with van der Waals surface area (Å²) in [6.45, 7) is 2.20. The van der Waals surface area contributed by atoms with Gasteiger partial charge in [-0.2, -0.15) is 5.10 Å². The predicted octanol–water partition coefficient (Wildman–Crippen LogP) is 4.83. The van der Waals surface area contributed by atoms with E-state index in [1.807, 2.05) is 18.2 Å². The van der Waals surface area contributed by atoms with Crippen molar-refractivity contribution in [3.8, 4) is 22.5 Å². The molecular weight excluding hydrogens is 471 g/mol. The first kappa shape index (κ1) is 22.2. The summed E-state index contributed by atoms with van der Waals surface area (Å²) in [5, 5.41) is 5.33. The molecule has 2 aliphatic heterocycles. The van der Waals surface area contributed by atoms with Crippen molar-refractivity contribution in [1.82, 2.24) is 19.5 Å². The van der Waals surface area contributed by atoms with E-state index in [0.29, 0.717) is 72.5 Å². The summed E-state index contributed by atoms with van der Waals surface area (Å²) in [6.07, 6.45) is 1.24. The van der Waals surface area contributed by atoms with E-state index < -0.39 is 5.79 Å². The topological polar surface area (TPSA) is 69.0 Å². The number of nitrogens with zero attached hydrogens (tertiary/aromatic N) is 4. The van der Waals surface area contributed by atoms with Crippen LogP contribution < -0.4 is 0 Å². The zero-order chi connectivity index (χ0) is 24.0. The van der Waals surface area contributed by atoms with Gasteiger partial charge < -0.3 is 14.4 Å². The molecule has 9 heteroatoms.